The monoisotopic (exact) mass is 345 g/mol. The molecule has 0 aliphatic heterocycles. The Morgan fingerprint density at radius 3 is 2.84 bits per heavy atom. The maximum Gasteiger partial charge on any atom is 0.280 e. The zero-order chi connectivity index (χ0) is 17.8. The summed E-state index contributed by atoms with van der Waals surface area (Å²) in [7, 11) is 1.38. The smallest absolute Gasteiger partial charge is 0.280 e. The summed E-state index contributed by atoms with van der Waals surface area (Å²) in [5, 5.41) is 10.2. The number of fused-ring (bicyclic) bond motifs is 1. The minimum Gasteiger partial charge on any atom is -0.374 e. The third-order valence-electron chi connectivity index (χ3n) is 3.78. The van der Waals surface area contributed by atoms with E-state index in [4.69, 9.17) is 15.2 Å². The molecule has 0 aliphatic rings. The molecule has 1 aromatic carbocycles. The molecule has 0 spiro atoms. The van der Waals surface area contributed by atoms with E-state index >= 15 is 0 Å². The topological polar surface area (TPSA) is 128 Å². The zero-order valence-electron chi connectivity index (χ0n) is 13.6. The highest BCUT2D eigenvalue weighted by Crippen LogP contribution is 2.19. The molecular weight excluding hydrogens is 326 g/mol. The van der Waals surface area contributed by atoms with Crippen LogP contribution in [-0.2, 0) is 16.1 Å². The third-order valence-corrected chi connectivity index (χ3v) is 3.78. The van der Waals surface area contributed by atoms with Crippen LogP contribution < -0.4 is 11.3 Å². The molecule has 4 N–H and O–H groups in total. The minimum atomic E-state index is -1.17. The first-order valence-electron chi connectivity index (χ1n) is 7.65. The van der Waals surface area contributed by atoms with Crippen LogP contribution in [0.5, 0.6) is 0 Å². The van der Waals surface area contributed by atoms with Crippen molar-refractivity contribution in [3.05, 3.63) is 52.6 Å². The number of aromatic nitrogens is 4. The first-order chi connectivity index (χ1) is 12.1. The first-order valence-corrected chi connectivity index (χ1v) is 7.65. The second kappa shape index (κ2) is 7.43. The predicted molar refractivity (Wildman–Crippen MR) is 90.7 cm³/mol. The number of hydrogen-bond donors (Lipinski definition) is 3. The summed E-state index contributed by atoms with van der Waals surface area (Å²) in [5.41, 5.74) is 6.55. The van der Waals surface area contributed by atoms with Crippen molar-refractivity contribution in [3.8, 4) is 0 Å². The largest absolute Gasteiger partial charge is 0.374 e. The molecule has 3 aromatic rings. The number of hydrogen-bond acceptors (Lipinski definition) is 7. The Labute approximate surface area is 143 Å². The van der Waals surface area contributed by atoms with Crippen LogP contribution in [0.3, 0.4) is 0 Å². The van der Waals surface area contributed by atoms with Crippen LogP contribution >= 0.6 is 0 Å². The number of anilines is 1. The molecule has 9 heteroatoms. The van der Waals surface area contributed by atoms with E-state index in [-0.39, 0.29) is 23.7 Å². The van der Waals surface area contributed by atoms with Crippen LogP contribution in [0, 0.1) is 0 Å². The number of aromatic amines is 1. The highest BCUT2D eigenvalue weighted by molar-refractivity contribution is 5.70. The number of aliphatic hydroxyl groups is 1. The van der Waals surface area contributed by atoms with Crippen LogP contribution in [0.2, 0.25) is 0 Å². The van der Waals surface area contributed by atoms with Crippen LogP contribution in [-0.4, -0.2) is 44.6 Å². The number of ether oxygens (including phenoxy) is 2. The highest BCUT2D eigenvalue weighted by Gasteiger charge is 2.24. The molecule has 2 atom stereocenters. The third kappa shape index (κ3) is 3.68. The average Bonchev–Trinajstić information content (AvgIpc) is 3.03. The fraction of sp³-hybridized carbons (Fsp3) is 0.312. The maximum atomic E-state index is 11.9. The van der Waals surface area contributed by atoms with Crippen molar-refractivity contribution in [3.63, 3.8) is 0 Å². The summed E-state index contributed by atoms with van der Waals surface area (Å²) >= 11 is 0. The van der Waals surface area contributed by atoms with Crippen molar-refractivity contribution in [2.24, 2.45) is 0 Å². The Kier molecular flexibility index (Phi) is 5.08. The van der Waals surface area contributed by atoms with Crippen LogP contribution in [0.15, 0.2) is 41.5 Å². The number of nitrogens with zero attached hydrogens (tertiary/aromatic N) is 3. The van der Waals surface area contributed by atoms with Crippen molar-refractivity contribution < 1.29 is 14.6 Å². The van der Waals surface area contributed by atoms with Gasteiger partial charge in [-0.25, -0.2) is 4.98 Å². The van der Waals surface area contributed by atoms with Gasteiger partial charge >= 0.3 is 0 Å². The Hall–Kier alpha value is -2.75. The normalized spacial score (nSPS) is 13.8. The number of aliphatic hydroxyl groups excluding tert-OH is 1. The molecule has 0 saturated heterocycles. The molecule has 0 radical (unpaired) electrons. The molecule has 25 heavy (non-hydrogen) atoms. The molecular formula is C16H19N5O4. The lowest BCUT2D eigenvalue weighted by Gasteiger charge is -2.23. The average molecular weight is 345 g/mol. The molecule has 0 amide bonds. The van der Waals surface area contributed by atoms with Gasteiger partial charge in [0.25, 0.3) is 5.56 Å². The Morgan fingerprint density at radius 2 is 2.12 bits per heavy atom. The van der Waals surface area contributed by atoms with Crippen LogP contribution in [0.1, 0.15) is 11.6 Å². The fourth-order valence-electron chi connectivity index (χ4n) is 2.51. The van der Waals surface area contributed by atoms with Gasteiger partial charge in [-0.2, -0.15) is 4.98 Å². The molecule has 9 nitrogen and oxygen atoms in total. The number of H-pyrrole nitrogens is 1. The number of rotatable bonds is 7. The number of nitrogens with two attached hydrogens (primary N) is 1. The van der Waals surface area contributed by atoms with E-state index < -0.39 is 17.9 Å². The van der Waals surface area contributed by atoms with Crippen molar-refractivity contribution in [1.82, 2.24) is 19.5 Å². The quantitative estimate of drug-likeness (QED) is 0.529. The zero-order valence-corrected chi connectivity index (χ0v) is 13.6. The number of imidazole rings is 1. The number of nitrogens with one attached hydrogen (secondary N) is 1. The van der Waals surface area contributed by atoms with Crippen molar-refractivity contribution in [2.75, 3.05) is 19.5 Å². The van der Waals surface area contributed by atoms with Gasteiger partial charge in [-0.05, 0) is 5.56 Å². The Bertz CT molecular complexity index is 892. The van der Waals surface area contributed by atoms with E-state index in [1.54, 1.807) is 0 Å². The molecule has 132 valence electrons. The summed E-state index contributed by atoms with van der Waals surface area (Å²) in [6.07, 6.45) is 0.237. The maximum absolute atomic E-state index is 11.9. The molecule has 0 bridgehead atoms. The first kappa shape index (κ1) is 17.1. The van der Waals surface area contributed by atoms with Gasteiger partial charge in [0.15, 0.2) is 17.5 Å². The summed E-state index contributed by atoms with van der Waals surface area (Å²) in [6, 6.07) is 9.00. The van der Waals surface area contributed by atoms with Gasteiger partial charge in [0, 0.05) is 7.11 Å². The summed E-state index contributed by atoms with van der Waals surface area (Å²) < 4.78 is 12.3. The molecule has 0 saturated carbocycles. The number of benzene rings is 1. The highest BCUT2D eigenvalue weighted by atomic mass is 16.6. The predicted octanol–water partition coefficient (Wildman–Crippen LogP) is 0.425. The molecule has 3 rings (SSSR count). The molecule has 1 unspecified atom stereocenters. The van der Waals surface area contributed by atoms with Gasteiger partial charge in [0.05, 0.1) is 19.5 Å². The van der Waals surface area contributed by atoms with Gasteiger partial charge in [-0.3, -0.25) is 9.78 Å². The second-order valence-corrected chi connectivity index (χ2v) is 5.47. The summed E-state index contributed by atoms with van der Waals surface area (Å²) in [4.78, 5) is 22.4. The number of methoxy groups -OCH3 is 1. The van der Waals surface area contributed by atoms with E-state index in [9.17, 15) is 9.90 Å². The van der Waals surface area contributed by atoms with Crippen molar-refractivity contribution in [1.29, 1.82) is 0 Å². The van der Waals surface area contributed by atoms with Crippen LogP contribution in [0.4, 0.5) is 5.95 Å². The molecule has 0 fully saturated rings. The van der Waals surface area contributed by atoms with E-state index in [0.717, 1.165) is 5.56 Å². The fourth-order valence-corrected chi connectivity index (χ4v) is 2.51. The Morgan fingerprint density at radius 1 is 1.36 bits per heavy atom. The van der Waals surface area contributed by atoms with E-state index in [0.29, 0.717) is 6.61 Å². The van der Waals surface area contributed by atoms with E-state index in [1.165, 1.54) is 18.0 Å². The standard InChI is InChI=1S/C16H19N5O4/c1-24-15(23)11(8-25-7-10-5-3-2-4-6-10)21-9-18-12-13(21)19-16(17)20-14(12)22/h2-6,9,11,15,23H,7-8H2,1H3,(H3,17,19,20,22)/t11?,15-/m1/s1. The molecule has 0 aliphatic carbocycles. The summed E-state index contributed by atoms with van der Waals surface area (Å²) in [5.74, 6) is -0.0323. The second-order valence-electron chi connectivity index (χ2n) is 5.47. The van der Waals surface area contributed by atoms with Crippen molar-refractivity contribution in [2.45, 2.75) is 18.9 Å². The SMILES string of the molecule is CO[C@@H](O)C(COCc1ccccc1)n1cnc2c(=O)[nH]c(N)nc21. The van der Waals surface area contributed by atoms with Gasteiger partial charge in [0.1, 0.15) is 6.04 Å². The lowest BCUT2D eigenvalue weighted by Crippen LogP contribution is -2.30. The minimum absolute atomic E-state index is 0.0323. The molecule has 2 aromatic heterocycles. The lowest BCUT2D eigenvalue weighted by molar-refractivity contribution is -0.123. The van der Waals surface area contributed by atoms with Gasteiger partial charge in [0.2, 0.25) is 5.95 Å². The Balaban J connectivity index is 1.85. The molecule has 2 heterocycles. The van der Waals surface area contributed by atoms with Gasteiger partial charge < -0.3 is 24.9 Å². The van der Waals surface area contributed by atoms with Crippen LogP contribution in [0.25, 0.3) is 11.2 Å². The lowest BCUT2D eigenvalue weighted by atomic mass is 10.2. The van der Waals surface area contributed by atoms with E-state index in [2.05, 4.69) is 15.0 Å². The van der Waals surface area contributed by atoms with Gasteiger partial charge in [-0.1, -0.05) is 30.3 Å². The van der Waals surface area contributed by atoms with Crippen molar-refractivity contribution >= 4 is 17.1 Å². The van der Waals surface area contributed by atoms with E-state index in [1.807, 2.05) is 30.3 Å². The van der Waals surface area contributed by atoms with Gasteiger partial charge in [-0.15, -0.1) is 0 Å². The summed E-state index contributed by atoms with van der Waals surface area (Å²) in [6.45, 7) is 0.500. The number of nitrogen functional groups attached to an aromatic ring is 1.